The van der Waals surface area contributed by atoms with Crippen LogP contribution in [0, 0.1) is 6.92 Å². The molecule has 0 radical (unpaired) electrons. The van der Waals surface area contributed by atoms with Gasteiger partial charge in [0.1, 0.15) is 18.5 Å². The number of hydrogen-bond donors (Lipinski definition) is 2. The van der Waals surface area contributed by atoms with Crippen LogP contribution in [0.4, 0.5) is 0 Å². The molecule has 2 N–H and O–H groups in total. The molecule has 102 valence electrons. The highest BCUT2D eigenvalue weighted by Gasteiger charge is 2.04. The van der Waals surface area contributed by atoms with Crippen molar-refractivity contribution in [2.24, 2.45) is 0 Å². The van der Waals surface area contributed by atoms with Crippen molar-refractivity contribution in [2.75, 3.05) is 33.5 Å². The largest absolute Gasteiger partial charge is 0.491 e. The Morgan fingerprint density at radius 2 is 1.94 bits per heavy atom. The van der Waals surface area contributed by atoms with Crippen LogP contribution in [0.2, 0.25) is 0 Å². The highest BCUT2D eigenvalue weighted by Crippen LogP contribution is 2.11. The number of aryl methyl sites for hydroxylation is 1. The minimum absolute atomic E-state index is 0.226. The maximum absolute atomic E-state index is 9.62. The van der Waals surface area contributed by atoms with E-state index < -0.39 is 6.10 Å². The lowest BCUT2D eigenvalue weighted by Crippen LogP contribution is -2.32. The Bertz CT molecular complexity index is 315. The predicted molar refractivity (Wildman–Crippen MR) is 68.5 cm³/mol. The second-order valence-corrected chi connectivity index (χ2v) is 3.97. The maximum Gasteiger partial charge on any atom is 0.119 e. The fraction of sp³-hybridized carbons (Fsp3) is 0.538. The minimum atomic E-state index is -0.617. The highest BCUT2D eigenvalue weighted by molar-refractivity contribution is 5.26. The fourth-order valence-electron chi connectivity index (χ4n) is 1.24. The molecule has 1 unspecified atom stereocenters. The van der Waals surface area contributed by atoms with E-state index in [1.54, 1.807) is 7.11 Å². The second-order valence-electron chi connectivity index (χ2n) is 3.97. The molecule has 0 heterocycles. The molecule has 0 saturated heterocycles. The molecule has 0 fully saturated rings. The van der Waals surface area contributed by atoms with Crippen molar-refractivity contribution in [1.82, 2.24) is 5.48 Å². The van der Waals surface area contributed by atoms with Crippen molar-refractivity contribution < 1.29 is 19.4 Å². The number of hydrogen-bond acceptors (Lipinski definition) is 5. The number of rotatable bonds is 9. The zero-order chi connectivity index (χ0) is 13.2. The summed E-state index contributed by atoms with van der Waals surface area (Å²) in [6.07, 6.45) is -0.617. The Morgan fingerprint density at radius 3 is 2.61 bits per heavy atom. The van der Waals surface area contributed by atoms with E-state index in [0.717, 1.165) is 5.75 Å². The normalized spacial score (nSPS) is 12.4. The summed E-state index contributed by atoms with van der Waals surface area (Å²) >= 11 is 0. The van der Waals surface area contributed by atoms with Crippen LogP contribution in [0.5, 0.6) is 5.75 Å². The van der Waals surface area contributed by atoms with Crippen LogP contribution < -0.4 is 10.2 Å². The molecular weight excluding hydrogens is 234 g/mol. The Kier molecular flexibility index (Phi) is 7.36. The molecule has 1 rings (SSSR count). The van der Waals surface area contributed by atoms with Crippen LogP contribution in [0.3, 0.4) is 0 Å². The molecule has 1 aromatic carbocycles. The fourth-order valence-corrected chi connectivity index (χ4v) is 1.24. The van der Waals surface area contributed by atoms with Gasteiger partial charge < -0.3 is 14.6 Å². The van der Waals surface area contributed by atoms with Crippen molar-refractivity contribution in [1.29, 1.82) is 0 Å². The molecule has 0 aliphatic carbocycles. The molecule has 0 aromatic heterocycles. The molecular formula is C13H21NO4. The lowest BCUT2D eigenvalue weighted by molar-refractivity contribution is -0.0173. The van der Waals surface area contributed by atoms with Crippen molar-refractivity contribution in [3.8, 4) is 5.75 Å². The van der Waals surface area contributed by atoms with E-state index in [4.69, 9.17) is 14.3 Å². The summed E-state index contributed by atoms with van der Waals surface area (Å²) in [6, 6.07) is 7.69. The van der Waals surface area contributed by atoms with Gasteiger partial charge in [-0.2, -0.15) is 5.48 Å². The summed E-state index contributed by atoms with van der Waals surface area (Å²) in [5.74, 6) is 0.750. The number of nitrogens with one attached hydrogen (secondary N) is 1. The van der Waals surface area contributed by atoms with Gasteiger partial charge >= 0.3 is 0 Å². The van der Waals surface area contributed by atoms with Crippen LogP contribution in [-0.2, 0) is 9.57 Å². The third-order valence-corrected chi connectivity index (χ3v) is 2.27. The Balaban J connectivity index is 2.09. The molecule has 5 heteroatoms. The summed E-state index contributed by atoms with van der Waals surface area (Å²) < 4.78 is 10.2. The molecule has 0 bridgehead atoms. The number of aliphatic hydroxyl groups is 1. The molecule has 1 atom stereocenters. The van der Waals surface area contributed by atoms with E-state index in [0.29, 0.717) is 19.8 Å². The topological polar surface area (TPSA) is 60.0 Å². The minimum Gasteiger partial charge on any atom is -0.491 e. The van der Waals surface area contributed by atoms with Gasteiger partial charge in [0.25, 0.3) is 0 Å². The zero-order valence-electron chi connectivity index (χ0n) is 10.9. The first-order valence-electron chi connectivity index (χ1n) is 5.93. The van der Waals surface area contributed by atoms with Gasteiger partial charge in [-0.3, -0.25) is 4.84 Å². The molecule has 5 nitrogen and oxygen atoms in total. The van der Waals surface area contributed by atoms with Crippen molar-refractivity contribution in [3.05, 3.63) is 29.8 Å². The average molecular weight is 255 g/mol. The van der Waals surface area contributed by atoms with E-state index in [1.807, 2.05) is 31.2 Å². The van der Waals surface area contributed by atoms with Crippen molar-refractivity contribution >= 4 is 0 Å². The smallest absolute Gasteiger partial charge is 0.119 e. The highest BCUT2D eigenvalue weighted by atomic mass is 16.7. The van der Waals surface area contributed by atoms with Crippen LogP contribution in [-0.4, -0.2) is 44.7 Å². The van der Waals surface area contributed by atoms with Crippen molar-refractivity contribution in [2.45, 2.75) is 13.0 Å². The number of ether oxygens (including phenoxy) is 2. The SMILES string of the molecule is COCCONCC(O)COc1ccc(C)cc1. The molecule has 0 aliphatic rings. The number of hydroxylamine groups is 1. The van der Waals surface area contributed by atoms with E-state index >= 15 is 0 Å². The van der Waals surface area contributed by atoms with Gasteiger partial charge in [-0.25, -0.2) is 0 Å². The van der Waals surface area contributed by atoms with Gasteiger partial charge in [0.05, 0.1) is 19.8 Å². The summed E-state index contributed by atoms with van der Waals surface area (Å²) in [7, 11) is 1.60. The average Bonchev–Trinajstić information content (AvgIpc) is 2.38. The van der Waals surface area contributed by atoms with Crippen LogP contribution in [0.1, 0.15) is 5.56 Å². The first kappa shape index (κ1) is 14.9. The number of benzene rings is 1. The van der Waals surface area contributed by atoms with Gasteiger partial charge in [-0.05, 0) is 19.1 Å². The summed E-state index contributed by atoms with van der Waals surface area (Å²) in [4.78, 5) is 5.02. The Labute approximate surface area is 108 Å². The quantitative estimate of drug-likeness (QED) is 0.507. The van der Waals surface area contributed by atoms with Gasteiger partial charge in [0.2, 0.25) is 0 Å². The monoisotopic (exact) mass is 255 g/mol. The predicted octanol–water partition coefficient (Wildman–Crippen LogP) is 0.902. The number of aliphatic hydroxyl groups excluding tert-OH is 1. The third-order valence-electron chi connectivity index (χ3n) is 2.27. The summed E-state index contributed by atoms with van der Waals surface area (Å²) in [6.45, 7) is 3.52. The van der Waals surface area contributed by atoms with E-state index in [1.165, 1.54) is 5.56 Å². The molecule has 0 amide bonds. The molecule has 0 spiro atoms. The Hall–Kier alpha value is -1.14. The van der Waals surface area contributed by atoms with Gasteiger partial charge in [0, 0.05) is 7.11 Å². The Morgan fingerprint density at radius 1 is 1.22 bits per heavy atom. The lowest BCUT2D eigenvalue weighted by Gasteiger charge is -2.13. The maximum atomic E-state index is 9.62. The van der Waals surface area contributed by atoms with Crippen LogP contribution in [0.25, 0.3) is 0 Å². The molecule has 0 aliphatic heterocycles. The summed E-state index contributed by atoms with van der Waals surface area (Å²) in [5.41, 5.74) is 3.83. The van der Waals surface area contributed by atoms with Gasteiger partial charge in [-0.1, -0.05) is 17.7 Å². The third kappa shape index (κ3) is 6.56. The van der Waals surface area contributed by atoms with Crippen LogP contribution in [0.15, 0.2) is 24.3 Å². The van der Waals surface area contributed by atoms with E-state index in [9.17, 15) is 5.11 Å². The second kappa shape index (κ2) is 8.88. The van der Waals surface area contributed by atoms with E-state index in [-0.39, 0.29) is 6.61 Å². The molecule has 0 saturated carbocycles. The first-order valence-corrected chi connectivity index (χ1v) is 5.93. The molecule has 18 heavy (non-hydrogen) atoms. The summed E-state index contributed by atoms with van der Waals surface area (Å²) in [5, 5.41) is 9.62. The van der Waals surface area contributed by atoms with E-state index in [2.05, 4.69) is 5.48 Å². The molecule has 1 aromatic rings. The van der Waals surface area contributed by atoms with Crippen LogP contribution >= 0.6 is 0 Å². The lowest BCUT2D eigenvalue weighted by atomic mass is 10.2. The first-order chi connectivity index (χ1) is 8.72. The van der Waals surface area contributed by atoms with Gasteiger partial charge in [-0.15, -0.1) is 0 Å². The van der Waals surface area contributed by atoms with Crippen molar-refractivity contribution in [3.63, 3.8) is 0 Å². The van der Waals surface area contributed by atoms with Gasteiger partial charge in [0.15, 0.2) is 0 Å². The standard InChI is InChI=1S/C13H21NO4/c1-11-3-5-13(6-4-11)17-10-12(15)9-14-18-8-7-16-2/h3-6,12,14-15H,7-10H2,1-2H3. The number of methoxy groups -OCH3 is 1. The zero-order valence-corrected chi connectivity index (χ0v) is 10.9.